The molecule has 5 heteroatoms. The summed E-state index contributed by atoms with van der Waals surface area (Å²) in [6, 6.07) is 46.5. The average molecular weight is 605 g/mol. The van der Waals surface area contributed by atoms with Crippen LogP contribution < -0.4 is 0 Å². The van der Waals surface area contributed by atoms with Crippen molar-refractivity contribution in [3.05, 3.63) is 145 Å². The molecule has 0 saturated heterocycles. The first kappa shape index (κ1) is 26.2. The number of nitrogens with zero attached hydrogens (tertiary/aromatic N) is 4. The van der Waals surface area contributed by atoms with E-state index in [1.165, 1.54) is 22.3 Å². The van der Waals surface area contributed by atoms with Crippen molar-refractivity contribution in [2.24, 2.45) is 0 Å². The number of hydrogen-bond acceptors (Lipinski definition) is 4. The first-order valence-electron chi connectivity index (χ1n) is 16.0. The molecule has 0 radical (unpaired) electrons. The maximum absolute atomic E-state index is 6.36. The number of rotatable bonds is 3. The van der Waals surface area contributed by atoms with Crippen LogP contribution in [-0.4, -0.2) is 19.5 Å². The summed E-state index contributed by atoms with van der Waals surface area (Å²) < 4.78 is 8.55. The lowest BCUT2D eigenvalue weighted by Crippen LogP contribution is -2.14. The molecule has 3 heterocycles. The average Bonchev–Trinajstić information content (AvgIpc) is 3.74. The fourth-order valence-electron chi connectivity index (χ4n) is 7.64. The molecule has 47 heavy (non-hydrogen) atoms. The van der Waals surface area contributed by atoms with E-state index in [0.717, 1.165) is 54.9 Å². The van der Waals surface area contributed by atoms with Gasteiger partial charge in [0.25, 0.3) is 0 Å². The van der Waals surface area contributed by atoms with Crippen molar-refractivity contribution in [3.8, 4) is 39.9 Å². The molecule has 6 aromatic carbocycles. The summed E-state index contributed by atoms with van der Waals surface area (Å²) in [5, 5.41) is 4.37. The smallest absolute Gasteiger partial charge is 0.238 e. The summed E-state index contributed by atoms with van der Waals surface area (Å²) in [4.78, 5) is 15.6. The van der Waals surface area contributed by atoms with Gasteiger partial charge in [-0.25, -0.2) is 4.98 Å². The van der Waals surface area contributed by atoms with Gasteiger partial charge in [0.15, 0.2) is 11.6 Å². The maximum atomic E-state index is 6.36. The van der Waals surface area contributed by atoms with Crippen LogP contribution in [0.1, 0.15) is 25.0 Å². The highest BCUT2D eigenvalue weighted by Crippen LogP contribution is 2.49. The van der Waals surface area contributed by atoms with Gasteiger partial charge < -0.3 is 4.42 Å². The molecule has 9 aromatic rings. The molecule has 0 unspecified atom stereocenters. The van der Waals surface area contributed by atoms with Crippen LogP contribution in [-0.2, 0) is 5.41 Å². The van der Waals surface area contributed by atoms with Crippen molar-refractivity contribution in [1.29, 1.82) is 0 Å². The Bertz CT molecular complexity index is 2720. The van der Waals surface area contributed by atoms with Crippen molar-refractivity contribution < 1.29 is 4.42 Å². The van der Waals surface area contributed by atoms with Gasteiger partial charge in [0.2, 0.25) is 5.95 Å². The Hall–Kier alpha value is -6.07. The number of fused-ring (bicyclic) bond motifs is 10. The predicted molar refractivity (Wildman–Crippen MR) is 190 cm³/mol. The minimum atomic E-state index is -0.0777. The van der Waals surface area contributed by atoms with Crippen molar-refractivity contribution in [3.63, 3.8) is 0 Å². The van der Waals surface area contributed by atoms with E-state index in [-0.39, 0.29) is 5.41 Å². The molecule has 0 amide bonds. The standard InChI is InChI=1S/C42H28N4O/c1-42(2)32-17-9-6-14-27(32)31-24-26(20-22-33(31)42)40-43-39(25-12-4-3-5-13-25)44-41(45-40)46-34-18-10-7-15-28(34)29-21-23-36-37(38(29)46)30-16-8-11-19-35(30)47-36/h3-24H,1-2H3. The number of furan rings is 1. The Labute approximate surface area is 270 Å². The summed E-state index contributed by atoms with van der Waals surface area (Å²) >= 11 is 0. The third-order valence-corrected chi connectivity index (χ3v) is 9.87. The molecule has 5 nitrogen and oxygen atoms in total. The van der Waals surface area contributed by atoms with E-state index in [0.29, 0.717) is 17.6 Å². The van der Waals surface area contributed by atoms with E-state index in [1.54, 1.807) is 0 Å². The van der Waals surface area contributed by atoms with Crippen molar-refractivity contribution >= 4 is 43.7 Å². The monoisotopic (exact) mass is 604 g/mol. The normalized spacial score (nSPS) is 13.5. The minimum Gasteiger partial charge on any atom is -0.456 e. The Balaban J connectivity index is 1.30. The fraction of sp³-hybridized carbons (Fsp3) is 0.0714. The van der Waals surface area contributed by atoms with Gasteiger partial charge in [0, 0.05) is 32.7 Å². The number of benzene rings is 6. The quantitative estimate of drug-likeness (QED) is 0.201. The molecule has 0 fully saturated rings. The topological polar surface area (TPSA) is 56.7 Å². The van der Waals surface area contributed by atoms with Gasteiger partial charge in [-0.3, -0.25) is 4.57 Å². The van der Waals surface area contributed by atoms with Gasteiger partial charge in [0.1, 0.15) is 11.2 Å². The lowest BCUT2D eigenvalue weighted by Gasteiger charge is -2.21. The van der Waals surface area contributed by atoms with Gasteiger partial charge in [-0.1, -0.05) is 117 Å². The second-order valence-corrected chi connectivity index (χ2v) is 12.9. The van der Waals surface area contributed by atoms with Gasteiger partial charge in [0.05, 0.1) is 16.4 Å². The summed E-state index contributed by atoms with van der Waals surface area (Å²) in [6.45, 7) is 4.60. The van der Waals surface area contributed by atoms with Gasteiger partial charge in [-0.15, -0.1) is 0 Å². The van der Waals surface area contributed by atoms with Crippen LogP contribution >= 0.6 is 0 Å². The Kier molecular flexibility index (Phi) is 5.28. The third-order valence-electron chi connectivity index (χ3n) is 9.87. The minimum absolute atomic E-state index is 0.0777. The predicted octanol–water partition coefficient (Wildman–Crippen LogP) is 10.5. The van der Waals surface area contributed by atoms with Crippen LogP contribution in [0, 0.1) is 0 Å². The van der Waals surface area contributed by atoms with Crippen molar-refractivity contribution in [2.45, 2.75) is 19.3 Å². The number of para-hydroxylation sites is 2. The van der Waals surface area contributed by atoms with E-state index in [2.05, 4.69) is 122 Å². The highest BCUT2D eigenvalue weighted by Gasteiger charge is 2.35. The van der Waals surface area contributed by atoms with Gasteiger partial charge >= 0.3 is 0 Å². The zero-order valence-corrected chi connectivity index (χ0v) is 25.9. The van der Waals surface area contributed by atoms with E-state index < -0.39 is 0 Å². The highest BCUT2D eigenvalue weighted by atomic mass is 16.3. The molecule has 1 aliphatic carbocycles. The molecule has 1 aliphatic rings. The SMILES string of the molecule is CC1(C)c2ccccc2-c2cc(-c3nc(-c4ccccc4)nc(-n4c5ccccc5c5ccc6oc7ccccc7c6c54)n3)ccc21. The van der Waals surface area contributed by atoms with E-state index in [1.807, 2.05) is 30.3 Å². The zero-order chi connectivity index (χ0) is 31.3. The van der Waals surface area contributed by atoms with E-state index >= 15 is 0 Å². The summed E-state index contributed by atoms with van der Waals surface area (Å²) in [7, 11) is 0. The summed E-state index contributed by atoms with van der Waals surface area (Å²) in [6.07, 6.45) is 0. The first-order valence-corrected chi connectivity index (χ1v) is 16.0. The maximum Gasteiger partial charge on any atom is 0.238 e. The summed E-state index contributed by atoms with van der Waals surface area (Å²) in [5.41, 5.74) is 10.7. The highest BCUT2D eigenvalue weighted by molar-refractivity contribution is 6.24. The lowest BCUT2D eigenvalue weighted by atomic mass is 9.82. The molecule has 222 valence electrons. The third kappa shape index (κ3) is 3.68. The van der Waals surface area contributed by atoms with Crippen LogP contribution in [0.15, 0.2) is 138 Å². The molecule has 0 aliphatic heterocycles. The van der Waals surface area contributed by atoms with Crippen molar-refractivity contribution in [2.75, 3.05) is 0 Å². The molecule has 0 N–H and O–H groups in total. The fourth-order valence-corrected chi connectivity index (χ4v) is 7.64. The Morgan fingerprint density at radius 1 is 0.532 bits per heavy atom. The largest absolute Gasteiger partial charge is 0.456 e. The Morgan fingerprint density at radius 2 is 1.23 bits per heavy atom. The van der Waals surface area contributed by atoms with Crippen molar-refractivity contribution in [1.82, 2.24) is 19.5 Å². The van der Waals surface area contributed by atoms with Crippen LogP contribution in [0.4, 0.5) is 0 Å². The Morgan fingerprint density at radius 3 is 2.11 bits per heavy atom. The lowest BCUT2D eigenvalue weighted by molar-refractivity contribution is 0.660. The molecule has 3 aromatic heterocycles. The van der Waals surface area contributed by atoms with Crippen LogP contribution in [0.2, 0.25) is 0 Å². The number of hydrogen-bond donors (Lipinski definition) is 0. The molecule has 10 rings (SSSR count). The van der Waals surface area contributed by atoms with Crippen LogP contribution in [0.25, 0.3) is 83.6 Å². The molecule has 0 spiro atoms. The van der Waals surface area contributed by atoms with Gasteiger partial charge in [-0.05, 0) is 52.6 Å². The summed E-state index contributed by atoms with van der Waals surface area (Å²) in [5.74, 6) is 1.83. The second kappa shape index (κ2) is 9.47. The van der Waals surface area contributed by atoms with Crippen LogP contribution in [0.3, 0.4) is 0 Å². The number of aromatic nitrogens is 4. The molecule has 0 atom stereocenters. The van der Waals surface area contributed by atoms with Crippen LogP contribution in [0.5, 0.6) is 0 Å². The molecule has 0 bridgehead atoms. The second-order valence-electron chi connectivity index (χ2n) is 12.9. The zero-order valence-electron chi connectivity index (χ0n) is 25.9. The molecular weight excluding hydrogens is 576 g/mol. The molecular formula is C42H28N4O. The van der Waals surface area contributed by atoms with E-state index in [4.69, 9.17) is 19.4 Å². The molecule has 0 saturated carbocycles. The van der Waals surface area contributed by atoms with E-state index in [9.17, 15) is 0 Å². The first-order chi connectivity index (χ1) is 23.1. The van der Waals surface area contributed by atoms with Gasteiger partial charge in [-0.2, -0.15) is 9.97 Å².